The van der Waals surface area contributed by atoms with E-state index in [1.165, 1.54) is 10.8 Å². The minimum absolute atomic E-state index is 0.0924. The number of hydrogen-bond donors (Lipinski definition) is 2. The van der Waals surface area contributed by atoms with Crippen molar-refractivity contribution in [2.45, 2.75) is 5.75 Å². The van der Waals surface area contributed by atoms with Crippen molar-refractivity contribution < 1.29 is 5.11 Å². The lowest BCUT2D eigenvalue weighted by atomic mass is 10.2. The van der Waals surface area contributed by atoms with E-state index in [0.29, 0.717) is 11.4 Å². The minimum atomic E-state index is 0.0924. The van der Waals surface area contributed by atoms with Crippen molar-refractivity contribution in [2.24, 2.45) is 10.2 Å². The minimum Gasteiger partial charge on any atom is -0.506 e. The van der Waals surface area contributed by atoms with E-state index in [0.717, 1.165) is 16.9 Å². The lowest BCUT2D eigenvalue weighted by molar-refractivity contribution is 0.476. The molecule has 0 saturated carbocycles. The van der Waals surface area contributed by atoms with E-state index in [4.69, 9.17) is 6.42 Å². The molecule has 0 fully saturated rings. The molecule has 0 aliphatic heterocycles. The monoisotopic (exact) mass is 300 g/mol. The zero-order chi connectivity index (χ0) is 14.4. The van der Waals surface area contributed by atoms with E-state index < -0.39 is 0 Å². The van der Waals surface area contributed by atoms with Crippen molar-refractivity contribution in [3.8, 4) is 18.1 Å². The number of thiol groups is 1. The summed E-state index contributed by atoms with van der Waals surface area (Å²) in [6, 6.07) is 12.4. The summed E-state index contributed by atoms with van der Waals surface area (Å²) in [6.45, 7) is 0. The number of hydrogen-bond acceptors (Lipinski definition) is 5. The Kier molecular flexibility index (Phi) is 5.10. The molecular formula is C15H12N2OS2. The van der Waals surface area contributed by atoms with Gasteiger partial charge in [0.1, 0.15) is 11.4 Å². The first-order valence-corrected chi connectivity index (χ1v) is 7.83. The van der Waals surface area contributed by atoms with Crippen LogP contribution >= 0.6 is 22.5 Å². The van der Waals surface area contributed by atoms with Crippen LogP contribution in [0.5, 0.6) is 5.75 Å². The fraction of sp³-hybridized carbons (Fsp3) is 0.0667. The maximum Gasteiger partial charge on any atom is 0.143 e. The van der Waals surface area contributed by atoms with E-state index in [2.05, 4.69) is 27.8 Å². The molecule has 0 atom stereocenters. The molecule has 0 heterocycles. The summed E-state index contributed by atoms with van der Waals surface area (Å²) >= 11 is 4.10. The number of terminal acetylenes is 1. The normalized spacial score (nSPS) is 10.6. The standard InChI is InChI=1S/C15H12N2OS2/c1-2-11-4-3-5-13(8-11)16-17-14-9-12(10-20-19)6-7-15(14)18/h1,3-9,18-19H,10H2. The van der Waals surface area contributed by atoms with E-state index in [9.17, 15) is 5.11 Å². The highest BCUT2D eigenvalue weighted by molar-refractivity contribution is 8.68. The van der Waals surface area contributed by atoms with Crippen LogP contribution < -0.4 is 0 Å². The fourth-order valence-corrected chi connectivity index (χ4v) is 2.36. The number of benzene rings is 2. The Morgan fingerprint density at radius 2 is 2.05 bits per heavy atom. The average Bonchev–Trinajstić information content (AvgIpc) is 2.48. The van der Waals surface area contributed by atoms with Gasteiger partial charge in [0, 0.05) is 11.3 Å². The van der Waals surface area contributed by atoms with Gasteiger partial charge in [0.2, 0.25) is 0 Å². The Labute approximate surface area is 127 Å². The summed E-state index contributed by atoms with van der Waals surface area (Å²) in [6.07, 6.45) is 5.33. The molecule has 0 amide bonds. The van der Waals surface area contributed by atoms with Gasteiger partial charge >= 0.3 is 0 Å². The maximum absolute atomic E-state index is 9.77. The van der Waals surface area contributed by atoms with Gasteiger partial charge in [-0.15, -0.1) is 23.2 Å². The second-order valence-electron chi connectivity index (χ2n) is 3.99. The SMILES string of the molecule is C#Cc1cccc(N=Nc2cc(CSS)ccc2O)c1. The molecule has 0 aliphatic rings. The maximum atomic E-state index is 9.77. The molecule has 100 valence electrons. The van der Waals surface area contributed by atoms with Gasteiger partial charge in [-0.05, 0) is 35.9 Å². The molecule has 2 aromatic carbocycles. The Morgan fingerprint density at radius 3 is 2.80 bits per heavy atom. The zero-order valence-corrected chi connectivity index (χ0v) is 12.2. The molecule has 0 radical (unpaired) electrons. The average molecular weight is 300 g/mol. The van der Waals surface area contributed by atoms with Crippen LogP contribution in [0.1, 0.15) is 11.1 Å². The number of aromatic hydroxyl groups is 1. The van der Waals surface area contributed by atoms with E-state index in [1.54, 1.807) is 24.3 Å². The number of azo groups is 1. The van der Waals surface area contributed by atoms with Gasteiger partial charge in [-0.2, -0.15) is 5.11 Å². The third kappa shape index (κ3) is 3.80. The Balaban J connectivity index is 2.26. The summed E-state index contributed by atoms with van der Waals surface area (Å²) in [7, 11) is 1.41. The van der Waals surface area contributed by atoms with Crippen molar-refractivity contribution in [1.82, 2.24) is 0 Å². The quantitative estimate of drug-likeness (QED) is 0.366. The van der Waals surface area contributed by atoms with Gasteiger partial charge in [-0.25, -0.2) is 0 Å². The molecule has 5 heteroatoms. The largest absolute Gasteiger partial charge is 0.506 e. The molecule has 0 bridgehead atoms. The lowest BCUT2D eigenvalue weighted by Gasteiger charge is -2.02. The van der Waals surface area contributed by atoms with Crippen LogP contribution in [0.25, 0.3) is 0 Å². The van der Waals surface area contributed by atoms with Crippen molar-refractivity contribution in [1.29, 1.82) is 0 Å². The Bertz CT molecular complexity index is 678. The van der Waals surface area contributed by atoms with E-state index in [-0.39, 0.29) is 5.75 Å². The summed E-state index contributed by atoms with van der Waals surface area (Å²) in [5, 5.41) is 17.9. The molecule has 2 rings (SSSR count). The van der Waals surface area contributed by atoms with Crippen molar-refractivity contribution in [3.05, 3.63) is 53.6 Å². The van der Waals surface area contributed by atoms with Gasteiger partial charge in [-0.1, -0.05) is 28.8 Å². The highest BCUT2D eigenvalue weighted by Crippen LogP contribution is 2.30. The summed E-state index contributed by atoms with van der Waals surface area (Å²) in [5.74, 6) is 3.37. The second kappa shape index (κ2) is 7.04. The molecule has 3 nitrogen and oxygen atoms in total. The predicted molar refractivity (Wildman–Crippen MR) is 86.9 cm³/mol. The van der Waals surface area contributed by atoms with Crippen LogP contribution in [0, 0.1) is 12.3 Å². The first-order valence-electron chi connectivity index (χ1n) is 5.79. The van der Waals surface area contributed by atoms with Gasteiger partial charge < -0.3 is 5.11 Å². The smallest absolute Gasteiger partial charge is 0.143 e. The number of nitrogens with zero attached hydrogens (tertiary/aromatic N) is 2. The van der Waals surface area contributed by atoms with Crippen molar-refractivity contribution in [2.75, 3.05) is 0 Å². The third-order valence-electron chi connectivity index (χ3n) is 2.56. The van der Waals surface area contributed by atoms with Crippen molar-refractivity contribution in [3.63, 3.8) is 0 Å². The zero-order valence-electron chi connectivity index (χ0n) is 10.5. The molecule has 0 unspecified atom stereocenters. The van der Waals surface area contributed by atoms with Crippen LogP contribution in [0.15, 0.2) is 52.7 Å². The lowest BCUT2D eigenvalue weighted by Crippen LogP contribution is -1.78. The highest BCUT2D eigenvalue weighted by atomic mass is 33.1. The van der Waals surface area contributed by atoms with Crippen LogP contribution in [0.2, 0.25) is 0 Å². The molecule has 0 aliphatic carbocycles. The molecule has 1 N–H and O–H groups in total. The molecule has 0 spiro atoms. The molecule has 20 heavy (non-hydrogen) atoms. The van der Waals surface area contributed by atoms with Crippen molar-refractivity contribution >= 4 is 33.8 Å². The van der Waals surface area contributed by atoms with Crippen LogP contribution in [0.3, 0.4) is 0 Å². The Hall–Kier alpha value is -1.90. The Morgan fingerprint density at radius 1 is 1.20 bits per heavy atom. The third-order valence-corrected chi connectivity index (χ3v) is 3.41. The first-order chi connectivity index (χ1) is 9.72. The van der Waals surface area contributed by atoms with Crippen LogP contribution in [-0.4, -0.2) is 5.11 Å². The summed E-state index contributed by atoms with van der Waals surface area (Å²) < 4.78 is 0. The fourth-order valence-electron chi connectivity index (χ4n) is 1.58. The van der Waals surface area contributed by atoms with E-state index in [1.807, 2.05) is 18.2 Å². The highest BCUT2D eigenvalue weighted by Gasteiger charge is 2.02. The summed E-state index contributed by atoms with van der Waals surface area (Å²) in [4.78, 5) is 0. The number of phenols is 1. The van der Waals surface area contributed by atoms with Crippen LogP contribution in [0.4, 0.5) is 11.4 Å². The van der Waals surface area contributed by atoms with Crippen LogP contribution in [-0.2, 0) is 5.75 Å². The molecule has 0 saturated heterocycles. The van der Waals surface area contributed by atoms with E-state index >= 15 is 0 Å². The van der Waals surface area contributed by atoms with Gasteiger partial charge in [0.15, 0.2) is 0 Å². The van der Waals surface area contributed by atoms with Gasteiger partial charge in [0.05, 0.1) is 5.69 Å². The first kappa shape index (κ1) is 14.5. The second-order valence-corrected chi connectivity index (χ2v) is 5.31. The number of rotatable bonds is 4. The topological polar surface area (TPSA) is 45.0 Å². The molecule has 0 aromatic heterocycles. The molecular weight excluding hydrogens is 288 g/mol. The predicted octanol–water partition coefficient (Wildman–Crippen LogP) is 4.87. The molecule has 2 aromatic rings. The van der Waals surface area contributed by atoms with Gasteiger partial charge in [0.25, 0.3) is 0 Å². The van der Waals surface area contributed by atoms with Gasteiger partial charge in [-0.3, -0.25) is 0 Å². The summed E-state index contributed by atoms with van der Waals surface area (Å²) in [5.41, 5.74) is 2.84. The number of phenolic OH excluding ortho intramolecular Hbond substituents is 1.